The third-order valence-electron chi connectivity index (χ3n) is 21.3. The number of aliphatic hydroxyl groups is 1. The average molecular weight is 1960 g/mol. The fourth-order valence-electron chi connectivity index (χ4n) is 14.4. The van der Waals surface area contributed by atoms with Crippen LogP contribution in [0.4, 0.5) is 9.59 Å². The minimum absolute atomic E-state index is 0.00811. The van der Waals surface area contributed by atoms with Crippen molar-refractivity contribution in [2.75, 3.05) is 68.6 Å². The number of carboxylic acids is 1. The first-order chi connectivity index (χ1) is 63.1. The first kappa shape index (κ1) is 112. The summed E-state index contributed by atoms with van der Waals surface area (Å²) < 4.78 is 140. The van der Waals surface area contributed by atoms with Crippen molar-refractivity contribution in [3.05, 3.63) is 200 Å². The van der Waals surface area contributed by atoms with E-state index in [1.54, 1.807) is 179 Å². The molecule has 135 heavy (non-hydrogen) atoms. The fourth-order valence-corrected chi connectivity index (χ4v) is 21.1. The number of ether oxygens (including phenoxy) is 6. The molecule has 0 unspecified atom stereocenters. The van der Waals surface area contributed by atoms with Crippen LogP contribution < -0.4 is 25.8 Å². The lowest BCUT2D eigenvalue weighted by molar-refractivity contribution is -0.159. The molecule has 4 aliphatic heterocycles. The highest BCUT2D eigenvalue weighted by atomic mass is 32.2. The molecule has 0 radical (unpaired) electrons. The predicted octanol–water partition coefficient (Wildman–Crippen LogP) is 10.2. The average Bonchev–Trinajstić information content (AvgIpc) is 1.65. The number of sulfonamides is 4. The molecule has 4 heterocycles. The van der Waals surface area contributed by atoms with Gasteiger partial charge in [0.25, 0.3) is 0 Å². The van der Waals surface area contributed by atoms with Crippen molar-refractivity contribution in [1.82, 2.24) is 37.7 Å². The lowest BCUT2D eigenvalue weighted by Gasteiger charge is -2.27. The van der Waals surface area contributed by atoms with Gasteiger partial charge < -0.3 is 64.8 Å². The molecule has 12 atom stereocenters. The number of hydrogen-bond acceptors (Lipinski definition) is 27. The number of aliphatic carboxylic acids is 1. The summed E-state index contributed by atoms with van der Waals surface area (Å²) >= 11 is 0. The van der Waals surface area contributed by atoms with Crippen molar-refractivity contribution < 1.29 is 115 Å². The topological polar surface area (TPSA) is 553 Å². The normalized spacial score (nSPS) is 20.6. The van der Waals surface area contributed by atoms with E-state index in [9.17, 15) is 76.8 Å². The molecular weight excluding hydrogens is 1830 g/mol. The number of nitrogens with zero attached hydrogens (tertiary/aromatic N) is 12. The van der Waals surface area contributed by atoms with Crippen LogP contribution in [-0.2, 0) is 105 Å². The summed E-state index contributed by atoms with van der Waals surface area (Å²) in [7, 11) is -6.97. The van der Waals surface area contributed by atoms with Gasteiger partial charge in [-0.25, -0.2) is 52.8 Å². The minimum Gasteiger partial charge on any atom is -0.481 e. The number of rotatable bonds is 25. The number of nitrogens with one attached hydrogen (secondary N) is 2. The number of carbonyl (C=O) groups is 9. The van der Waals surface area contributed by atoms with Crippen molar-refractivity contribution >= 4 is 93.9 Å². The molecule has 0 spiro atoms. The number of hydrogen-bond donors (Lipinski definition) is 5. The second-order valence-electron chi connectivity index (χ2n) is 35.1. The lowest BCUT2D eigenvalue weighted by Crippen LogP contribution is -2.52. The van der Waals surface area contributed by atoms with Crippen LogP contribution in [0.25, 0.3) is 20.9 Å². The molecule has 5 aliphatic rings. The lowest BCUT2D eigenvalue weighted by atomic mass is 10.0. The van der Waals surface area contributed by atoms with E-state index in [2.05, 4.69) is 35.4 Å². The Morgan fingerprint density at radius 2 is 0.770 bits per heavy atom. The Morgan fingerprint density at radius 1 is 0.467 bits per heavy atom. The number of esters is 4. The van der Waals surface area contributed by atoms with Gasteiger partial charge in [-0.05, 0) is 215 Å². The molecule has 4 saturated heterocycles. The van der Waals surface area contributed by atoms with E-state index in [-0.39, 0.29) is 89.3 Å². The monoisotopic (exact) mass is 1960 g/mol. The van der Waals surface area contributed by atoms with Gasteiger partial charge in [0.05, 0.1) is 57.9 Å². The highest BCUT2D eigenvalue weighted by Gasteiger charge is 2.49. The molecule has 44 heteroatoms. The van der Waals surface area contributed by atoms with Crippen molar-refractivity contribution in [2.24, 2.45) is 27.8 Å². The standard InChI is InChI=1S/C28H36N6O7S.C28H38N4O7S.C14H19NO4S.C13H16N4O4S.C6H10O3.C2H6/c1-18-7-13-22(14-8-18)42(38,39)34-17-20(31-32-29)16-24(34)25(35)30-23(26(36)41-28(2,3)4)15-19-9-11-21(12-10-19)40-27(37)33(5)6;1-18-7-13-22(14-8-18)40(36,37)32-17-20(29)16-24(32)25(33)30-23(26(34)39-28(2,3)4)15-19-9-11-21(12-10-19)38-27(35)31(5)6;1-10-4-6-12(7-5-10)20(17,18)15-9-11(2)8-13(15)14(16)19-3;1-9-3-5-11(6-4-9)22(19,20)17-8-10(15-16-14)7-12(17)13(18)21-2;7-5-2-1-4(3-5)6(8)9;1-2/h7-14,20,23-24H,15-17H2,1-6H3,(H,30,35);7-14,20,23-24H,15-17,29H2,1-6H3,(H,30,33);4-7,11,13H,8-9H2,1-3H3;3-6,10,12H,7-8H2,1-2H3;4-5,7H,1-3H2,(H,8,9);1-2H3/t2*20-,23+,24+;11-,13-;10-,12+;4-,5+;/m11010./s1. The number of carbonyl (C=O) groups excluding carboxylic acids is 8. The molecule has 1 aliphatic carbocycles. The van der Waals surface area contributed by atoms with Gasteiger partial charge in [-0.1, -0.05) is 126 Å². The zero-order valence-electron chi connectivity index (χ0n) is 79.3. The van der Waals surface area contributed by atoms with Gasteiger partial charge in [-0.15, -0.1) is 0 Å². The zero-order chi connectivity index (χ0) is 101. The molecule has 4 amide bonds. The Morgan fingerprint density at radius 3 is 1.06 bits per heavy atom. The Hall–Kier alpha value is -11.7. The van der Waals surface area contributed by atoms with Gasteiger partial charge >= 0.3 is 42.0 Å². The van der Waals surface area contributed by atoms with Crippen LogP contribution in [0.1, 0.15) is 141 Å². The van der Waals surface area contributed by atoms with Gasteiger partial charge in [0.2, 0.25) is 51.9 Å². The molecule has 6 N–H and O–H groups in total. The number of aliphatic hydroxyl groups excluding tert-OH is 1. The van der Waals surface area contributed by atoms with Crippen molar-refractivity contribution in [3.63, 3.8) is 0 Å². The van der Waals surface area contributed by atoms with Gasteiger partial charge in [-0.3, -0.25) is 24.0 Å². The largest absolute Gasteiger partial charge is 0.481 e. The summed E-state index contributed by atoms with van der Waals surface area (Å²) in [5.74, 6) is -4.22. The number of amides is 4. The third kappa shape index (κ3) is 32.5. The van der Waals surface area contributed by atoms with Gasteiger partial charge in [0, 0.05) is 83.1 Å². The maximum atomic E-state index is 13.6. The molecule has 6 aromatic carbocycles. The van der Waals surface area contributed by atoms with Crippen molar-refractivity contribution in [1.29, 1.82) is 0 Å². The molecule has 11 rings (SSSR count). The summed E-state index contributed by atoms with van der Waals surface area (Å²) in [5.41, 5.74) is 26.9. The smallest absolute Gasteiger partial charge is 0.414 e. The van der Waals surface area contributed by atoms with Crippen LogP contribution >= 0.6 is 0 Å². The van der Waals surface area contributed by atoms with E-state index in [4.69, 9.17) is 50.7 Å². The Kier molecular flexibility index (Phi) is 41.3. The highest BCUT2D eigenvalue weighted by Crippen LogP contribution is 2.35. The van der Waals surface area contributed by atoms with E-state index in [1.165, 1.54) is 64.7 Å². The second-order valence-corrected chi connectivity index (χ2v) is 42.7. The van der Waals surface area contributed by atoms with Crippen LogP contribution in [0.15, 0.2) is 175 Å². The Bertz CT molecular complexity index is 5660. The number of carboxylic acid groups (broad SMARTS) is 1. The van der Waals surface area contributed by atoms with Gasteiger partial charge in [-0.2, -0.15) is 17.2 Å². The quantitative estimate of drug-likeness (QED) is 0.0117. The number of nitrogens with two attached hydrogens (primary N) is 1. The zero-order valence-corrected chi connectivity index (χ0v) is 82.6. The molecule has 5 fully saturated rings. The van der Waals surface area contributed by atoms with E-state index in [1.807, 2.05) is 48.5 Å². The van der Waals surface area contributed by atoms with Crippen LogP contribution in [0.3, 0.4) is 0 Å². The molecule has 1 saturated carbocycles. The minimum atomic E-state index is -4.14. The van der Waals surface area contributed by atoms with Crippen molar-refractivity contribution in [3.8, 4) is 11.5 Å². The van der Waals surface area contributed by atoms with Crippen LogP contribution in [-0.4, -0.2) is 265 Å². The maximum absolute atomic E-state index is 13.6. The SMILES string of the molecule is CC.COC(=O)[C@@H]1C[C@@H](N=[N+]=[N-])CN1S(=O)(=O)c1ccc(C)cc1.COC(=O)[C@@H]1C[C@H](C)CN1S(=O)(=O)c1ccc(C)cc1.Cc1ccc(S(=O)(=O)N2C[C@H](N)C[C@H]2C(=O)N[C@@H](Cc2ccc(OC(=O)N(C)C)cc2)C(=O)OC(C)(C)C)cc1.Cc1ccc(S(=O)(=O)N2C[C@H](N=[N+]=[N-])C[C@H]2C(=O)N[C@@H](Cc2ccc(OC(=O)N(C)C)cc2)C(=O)OC(C)(C)C)cc1.O=C(O)[C@H]1CC[C@@H](O)C1. The number of aryl methyl sites for hydroxylation is 4. The summed E-state index contributed by atoms with van der Waals surface area (Å²) in [6, 6.07) is 30.2. The van der Waals surface area contributed by atoms with Crippen LogP contribution in [0, 0.1) is 39.5 Å². The summed E-state index contributed by atoms with van der Waals surface area (Å²) in [6.07, 6.45) is 0.992. The third-order valence-corrected chi connectivity index (χ3v) is 28.9. The Balaban J connectivity index is 0.000000276. The van der Waals surface area contributed by atoms with E-state index >= 15 is 0 Å². The molecule has 738 valence electrons. The summed E-state index contributed by atoms with van der Waals surface area (Å²) in [5, 5.41) is 29.9. The second kappa shape index (κ2) is 49.7. The molecular formula is C91H125N15O25S4. The summed E-state index contributed by atoms with van der Waals surface area (Å²) in [6.45, 7) is 23.6. The number of benzene rings is 6. The number of azide groups is 2. The fraction of sp³-hybridized carbons (Fsp3) is 0.505. The number of methoxy groups -OCH3 is 2. The van der Waals surface area contributed by atoms with Crippen LogP contribution in [0.2, 0.25) is 0 Å². The van der Waals surface area contributed by atoms with Gasteiger partial charge in [0.15, 0.2) is 0 Å². The molecule has 0 bridgehead atoms. The highest BCUT2D eigenvalue weighted by molar-refractivity contribution is 7.90. The van der Waals surface area contributed by atoms with E-state index in [0.29, 0.717) is 54.9 Å². The Labute approximate surface area is 789 Å². The summed E-state index contributed by atoms with van der Waals surface area (Å²) in [4.78, 5) is 119. The molecule has 0 aromatic heterocycles. The molecule has 40 nitrogen and oxygen atoms in total. The maximum Gasteiger partial charge on any atom is 0.414 e. The van der Waals surface area contributed by atoms with Crippen LogP contribution in [0.5, 0.6) is 11.5 Å². The van der Waals surface area contributed by atoms with E-state index < -0.39 is 160 Å². The van der Waals surface area contributed by atoms with E-state index in [0.717, 1.165) is 35.2 Å². The first-order valence-corrected chi connectivity index (χ1v) is 49.2. The first-order valence-electron chi connectivity index (χ1n) is 43.4. The van der Waals surface area contributed by atoms with Gasteiger partial charge in [0.1, 0.15) is 59.0 Å². The molecule has 6 aromatic rings. The van der Waals surface area contributed by atoms with Crippen molar-refractivity contribution in [2.45, 2.75) is 239 Å². The predicted molar refractivity (Wildman–Crippen MR) is 499 cm³/mol.